The molecule has 1 aliphatic carbocycles. The third-order valence-electron chi connectivity index (χ3n) is 4.37. The maximum Gasteiger partial charge on any atom is 0.142 e. The summed E-state index contributed by atoms with van der Waals surface area (Å²) in [7, 11) is 0. The maximum atomic E-state index is 13.4. The number of nitrogens with one attached hydrogen (secondary N) is 1. The highest BCUT2D eigenvalue weighted by molar-refractivity contribution is 6.30. The van der Waals surface area contributed by atoms with Gasteiger partial charge in [-0.3, -0.25) is 4.90 Å². The summed E-state index contributed by atoms with van der Waals surface area (Å²) in [6.07, 6.45) is 5.22. The Hall–Kier alpha value is -0.350. The molecule has 0 aromatic heterocycles. The van der Waals surface area contributed by atoms with Crippen molar-refractivity contribution >= 4 is 24.0 Å². The summed E-state index contributed by atoms with van der Waals surface area (Å²) in [5, 5.41) is 3.89. The molecule has 2 fully saturated rings. The summed E-state index contributed by atoms with van der Waals surface area (Å²) in [6, 6.07) is 5.80. The molecule has 1 heterocycles. The smallest absolute Gasteiger partial charge is 0.142 e. The van der Waals surface area contributed by atoms with Crippen LogP contribution in [0.2, 0.25) is 5.02 Å². The first kappa shape index (κ1) is 17.0. The quantitative estimate of drug-likeness (QED) is 0.880. The summed E-state index contributed by atoms with van der Waals surface area (Å²) in [5.74, 6) is 0.634. The zero-order chi connectivity index (χ0) is 13.9. The molecule has 1 saturated carbocycles. The Kier molecular flexibility index (Phi) is 6.30. The van der Waals surface area contributed by atoms with Gasteiger partial charge >= 0.3 is 0 Å². The van der Waals surface area contributed by atoms with Crippen LogP contribution in [0.3, 0.4) is 0 Å². The largest absolute Gasteiger partial charge is 0.314 e. The third kappa shape index (κ3) is 5.10. The van der Waals surface area contributed by atoms with E-state index in [1.165, 1.54) is 32.2 Å². The van der Waals surface area contributed by atoms with Crippen molar-refractivity contribution < 1.29 is 4.39 Å². The van der Waals surface area contributed by atoms with Crippen molar-refractivity contribution in [3.05, 3.63) is 34.6 Å². The molecule has 0 atom stereocenters. The van der Waals surface area contributed by atoms with Gasteiger partial charge in [-0.05, 0) is 68.9 Å². The monoisotopic (exact) mass is 332 g/mol. The SMILES string of the molecule is Cl.Fc1cc(CN2CCC(NCC3CC3)CC2)ccc1Cl. The van der Waals surface area contributed by atoms with Gasteiger partial charge in [0.25, 0.3) is 0 Å². The lowest BCUT2D eigenvalue weighted by molar-refractivity contribution is 0.190. The molecule has 0 amide bonds. The molecule has 1 N–H and O–H groups in total. The Balaban J connectivity index is 0.00000161. The molecule has 1 aromatic carbocycles. The Labute approximate surface area is 137 Å². The van der Waals surface area contributed by atoms with E-state index in [2.05, 4.69) is 10.2 Å². The fraction of sp³-hybridized carbons (Fsp3) is 0.625. The minimum atomic E-state index is -0.315. The van der Waals surface area contributed by atoms with Gasteiger partial charge in [-0.1, -0.05) is 17.7 Å². The van der Waals surface area contributed by atoms with Crippen LogP contribution in [-0.4, -0.2) is 30.6 Å². The van der Waals surface area contributed by atoms with E-state index in [0.717, 1.165) is 31.1 Å². The first-order valence-corrected chi connectivity index (χ1v) is 7.98. The Morgan fingerprint density at radius 1 is 1.19 bits per heavy atom. The standard InChI is InChI=1S/C16H22ClFN2.ClH/c17-15-4-3-13(9-16(15)18)11-20-7-5-14(6-8-20)19-10-12-1-2-12;/h3-4,9,12,14,19H,1-2,5-8,10-11H2;1H. The number of nitrogens with zero attached hydrogens (tertiary/aromatic N) is 1. The first-order chi connectivity index (χ1) is 9.70. The van der Waals surface area contributed by atoms with Gasteiger partial charge in [0.1, 0.15) is 5.82 Å². The van der Waals surface area contributed by atoms with Crippen LogP contribution in [-0.2, 0) is 6.54 Å². The van der Waals surface area contributed by atoms with Crippen LogP contribution in [0.1, 0.15) is 31.2 Å². The van der Waals surface area contributed by atoms with Crippen molar-refractivity contribution in [1.82, 2.24) is 10.2 Å². The van der Waals surface area contributed by atoms with Gasteiger partial charge in [-0.2, -0.15) is 0 Å². The van der Waals surface area contributed by atoms with Crippen LogP contribution in [0.5, 0.6) is 0 Å². The molecule has 118 valence electrons. The van der Waals surface area contributed by atoms with Crippen LogP contribution in [0, 0.1) is 11.7 Å². The lowest BCUT2D eigenvalue weighted by Crippen LogP contribution is -2.42. The Bertz CT molecular complexity index is 458. The zero-order valence-electron chi connectivity index (χ0n) is 12.2. The summed E-state index contributed by atoms with van der Waals surface area (Å²) < 4.78 is 13.4. The predicted molar refractivity (Wildman–Crippen MR) is 87.7 cm³/mol. The fourth-order valence-electron chi connectivity index (χ4n) is 2.85. The molecule has 0 spiro atoms. The van der Waals surface area contributed by atoms with Crippen molar-refractivity contribution in [2.45, 2.75) is 38.3 Å². The number of hydrogen-bond acceptors (Lipinski definition) is 2. The van der Waals surface area contributed by atoms with Gasteiger partial charge in [0.15, 0.2) is 0 Å². The molecule has 21 heavy (non-hydrogen) atoms. The van der Waals surface area contributed by atoms with Crippen molar-refractivity contribution in [1.29, 1.82) is 0 Å². The zero-order valence-corrected chi connectivity index (χ0v) is 13.7. The van der Waals surface area contributed by atoms with E-state index < -0.39 is 0 Å². The number of piperidine rings is 1. The van der Waals surface area contributed by atoms with Gasteiger partial charge in [-0.15, -0.1) is 12.4 Å². The summed E-state index contributed by atoms with van der Waals surface area (Å²) >= 11 is 5.71. The topological polar surface area (TPSA) is 15.3 Å². The summed E-state index contributed by atoms with van der Waals surface area (Å²) in [5.41, 5.74) is 1.01. The highest BCUT2D eigenvalue weighted by Gasteiger charge is 2.24. The minimum Gasteiger partial charge on any atom is -0.314 e. The van der Waals surface area contributed by atoms with Crippen LogP contribution in [0.4, 0.5) is 4.39 Å². The molecular formula is C16H23Cl2FN2. The van der Waals surface area contributed by atoms with Crippen LogP contribution in [0.15, 0.2) is 18.2 Å². The van der Waals surface area contributed by atoms with Gasteiger partial charge < -0.3 is 5.32 Å². The van der Waals surface area contributed by atoms with E-state index in [4.69, 9.17) is 11.6 Å². The summed E-state index contributed by atoms with van der Waals surface area (Å²) in [4.78, 5) is 2.40. The van der Waals surface area contributed by atoms with Gasteiger partial charge in [0.05, 0.1) is 5.02 Å². The van der Waals surface area contributed by atoms with Crippen molar-refractivity contribution in [3.8, 4) is 0 Å². The van der Waals surface area contributed by atoms with E-state index in [1.807, 2.05) is 6.07 Å². The van der Waals surface area contributed by atoms with Crippen LogP contribution in [0.25, 0.3) is 0 Å². The van der Waals surface area contributed by atoms with E-state index in [0.29, 0.717) is 6.04 Å². The minimum absolute atomic E-state index is 0. The molecule has 0 radical (unpaired) electrons. The second-order valence-electron chi connectivity index (χ2n) is 6.15. The van der Waals surface area contributed by atoms with Crippen molar-refractivity contribution in [2.75, 3.05) is 19.6 Å². The Morgan fingerprint density at radius 3 is 2.52 bits per heavy atom. The molecule has 3 rings (SSSR count). The van der Waals surface area contributed by atoms with Gasteiger partial charge in [0, 0.05) is 12.6 Å². The van der Waals surface area contributed by atoms with Crippen LogP contribution < -0.4 is 5.32 Å². The average Bonchev–Trinajstić information content (AvgIpc) is 3.26. The van der Waals surface area contributed by atoms with Crippen LogP contribution >= 0.6 is 24.0 Å². The van der Waals surface area contributed by atoms with Gasteiger partial charge in [0.2, 0.25) is 0 Å². The van der Waals surface area contributed by atoms with E-state index in [9.17, 15) is 4.39 Å². The molecular weight excluding hydrogens is 310 g/mol. The molecule has 1 aromatic rings. The van der Waals surface area contributed by atoms with Gasteiger partial charge in [-0.25, -0.2) is 4.39 Å². The third-order valence-corrected chi connectivity index (χ3v) is 4.68. The number of halogens is 3. The number of benzene rings is 1. The number of likely N-dealkylation sites (tertiary alicyclic amines) is 1. The predicted octanol–water partition coefficient (Wildman–Crippen LogP) is 3.86. The Morgan fingerprint density at radius 2 is 1.90 bits per heavy atom. The lowest BCUT2D eigenvalue weighted by atomic mass is 10.0. The molecule has 2 aliphatic rings. The highest BCUT2D eigenvalue weighted by atomic mass is 35.5. The molecule has 0 bridgehead atoms. The molecule has 2 nitrogen and oxygen atoms in total. The van der Waals surface area contributed by atoms with E-state index in [-0.39, 0.29) is 23.2 Å². The lowest BCUT2D eigenvalue weighted by Gasteiger charge is -2.32. The number of rotatable bonds is 5. The average molecular weight is 333 g/mol. The molecule has 0 unspecified atom stereocenters. The second-order valence-corrected chi connectivity index (χ2v) is 6.56. The van der Waals surface area contributed by atoms with Crippen molar-refractivity contribution in [2.24, 2.45) is 5.92 Å². The first-order valence-electron chi connectivity index (χ1n) is 7.60. The molecule has 1 aliphatic heterocycles. The number of hydrogen-bond donors (Lipinski definition) is 1. The molecule has 1 saturated heterocycles. The fourth-order valence-corrected chi connectivity index (χ4v) is 2.96. The van der Waals surface area contributed by atoms with E-state index >= 15 is 0 Å². The maximum absolute atomic E-state index is 13.4. The summed E-state index contributed by atoms with van der Waals surface area (Å²) in [6.45, 7) is 4.20. The highest BCUT2D eigenvalue weighted by Crippen LogP contribution is 2.28. The normalized spacial score (nSPS) is 20.3. The molecule has 5 heteroatoms. The second kappa shape index (κ2) is 7.77. The van der Waals surface area contributed by atoms with Crippen molar-refractivity contribution in [3.63, 3.8) is 0 Å². The van der Waals surface area contributed by atoms with E-state index in [1.54, 1.807) is 12.1 Å².